The topological polar surface area (TPSA) is 77.4 Å². The van der Waals surface area contributed by atoms with Gasteiger partial charge in [-0.3, -0.25) is 9.59 Å². The predicted octanol–water partition coefficient (Wildman–Crippen LogP) is 1.05. The number of nitrogens with one attached hydrogen (secondary N) is 1. The maximum atomic E-state index is 13.1. The van der Waals surface area contributed by atoms with Crippen LogP contribution in [0.3, 0.4) is 0 Å². The predicted molar refractivity (Wildman–Crippen MR) is 69.5 cm³/mol. The minimum Gasteiger partial charge on any atom is -0.465 e. The molecule has 20 heavy (non-hydrogen) atoms. The normalized spacial score (nSPS) is 15.6. The van der Waals surface area contributed by atoms with Crippen LogP contribution in [0.1, 0.15) is 30.1 Å². The lowest BCUT2D eigenvalue weighted by atomic mass is 10.2. The number of alkyl halides is 1. The number of rotatable bonds is 4. The second-order valence-electron chi connectivity index (χ2n) is 4.84. The Labute approximate surface area is 114 Å². The molecule has 1 aromatic rings. The fourth-order valence-corrected chi connectivity index (χ4v) is 2.05. The second kappa shape index (κ2) is 5.07. The highest BCUT2D eigenvalue weighted by Crippen LogP contribution is 2.43. The van der Waals surface area contributed by atoms with Gasteiger partial charge in [-0.2, -0.15) is 0 Å². The maximum absolute atomic E-state index is 13.1. The number of carbonyl (C=O) groups excluding carboxylic acids is 2. The largest absolute Gasteiger partial charge is 0.465 e. The van der Waals surface area contributed by atoms with Crippen LogP contribution in [-0.4, -0.2) is 30.2 Å². The number of nitrogens with zero attached hydrogens (tertiary/aromatic N) is 1. The van der Waals surface area contributed by atoms with Gasteiger partial charge in [-0.15, -0.1) is 0 Å². The van der Waals surface area contributed by atoms with Crippen molar-refractivity contribution in [2.75, 3.05) is 19.1 Å². The lowest BCUT2D eigenvalue weighted by Crippen LogP contribution is -2.33. The van der Waals surface area contributed by atoms with E-state index in [9.17, 15) is 18.8 Å². The summed E-state index contributed by atoms with van der Waals surface area (Å²) in [7, 11) is 1.19. The number of esters is 1. The van der Waals surface area contributed by atoms with Crippen molar-refractivity contribution in [1.29, 1.82) is 0 Å². The number of ether oxygens (including phenoxy) is 1. The molecule has 0 unspecified atom stereocenters. The maximum Gasteiger partial charge on any atom is 0.341 e. The summed E-state index contributed by atoms with van der Waals surface area (Å²) >= 11 is 0. The Morgan fingerprint density at radius 2 is 2.15 bits per heavy atom. The Morgan fingerprint density at radius 3 is 2.60 bits per heavy atom. The van der Waals surface area contributed by atoms with Crippen molar-refractivity contribution in [2.24, 2.45) is 0 Å². The Kier molecular flexibility index (Phi) is 3.61. The van der Waals surface area contributed by atoms with E-state index in [-0.39, 0.29) is 11.3 Å². The van der Waals surface area contributed by atoms with E-state index in [4.69, 9.17) is 0 Å². The van der Waals surface area contributed by atoms with Gasteiger partial charge in [0.05, 0.1) is 23.9 Å². The van der Waals surface area contributed by atoms with Crippen LogP contribution in [0, 0.1) is 0 Å². The highest BCUT2D eigenvalue weighted by atomic mass is 19.1. The van der Waals surface area contributed by atoms with Gasteiger partial charge in [0.1, 0.15) is 6.67 Å². The van der Waals surface area contributed by atoms with Gasteiger partial charge in [-0.25, -0.2) is 9.18 Å². The number of amides is 1. The van der Waals surface area contributed by atoms with Crippen molar-refractivity contribution < 1.29 is 18.7 Å². The summed E-state index contributed by atoms with van der Waals surface area (Å²) in [6.45, 7) is 0.587. The Bertz CT molecular complexity index is 619. The number of aromatic nitrogens is 1. The van der Waals surface area contributed by atoms with Crippen LogP contribution in [0.5, 0.6) is 0 Å². The highest BCUT2D eigenvalue weighted by molar-refractivity contribution is 6.00. The van der Waals surface area contributed by atoms with E-state index in [2.05, 4.69) is 10.1 Å². The summed E-state index contributed by atoms with van der Waals surface area (Å²) < 4.78 is 18.9. The molecule has 1 aliphatic rings. The molecule has 1 heterocycles. The SMILES string of the molecule is COC(=O)c1cn(C2(CF)CC2)c(=O)cc1NC(C)=O. The molecule has 0 saturated heterocycles. The summed E-state index contributed by atoms with van der Waals surface area (Å²) in [6.07, 6.45) is 2.35. The second-order valence-corrected chi connectivity index (χ2v) is 4.84. The molecule has 6 nitrogen and oxygen atoms in total. The third-order valence-electron chi connectivity index (χ3n) is 3.36. The molecule has 7 heteroatoms. The minimum atomic E-state index is -0.853. The molecule has 108 valence electrons. The van der Waals surface area contributed by atoms with Crippen molar-refractivity contribution in [2.45, 2.75) is 25.3 Å². The first kappa shape index (κ1) is 14.2. The van der Waals surface area contributed by atoms with Gasteiger partial charge in [-0.05, 0) is 12.8 Å². The molecule has 1 aromatic heterocycles. The number of hydrogen-bond donors (Lipinski definition) is 1. The first-order chi connectivity index (χ1) is 9.43. The molecular formula is C13H15FN2O4. The van der Waals surface area contributed by atoms with E-state index in [0.29, 0.717) is 12.8 Å². The summed E-state index contributed by atoms with van der Waals surface area (Å²) in [5.74, 6) is -1.11. The summed E-state index contributed by atoms with van der Waals surface area (Å²) in [5, 5.41) is 2.40. The first-order valence-electron chi connectivity index (χ1n) is 6.12. The van der Waals surface area contributed by atoms with Crippen molar-refractivity contribution in [1.82, 2.24) is 4.57 Å². The molecule has 1 saturated carbocycles. The van der Waals surface area contributed by atoms with Crippen LogP contribution < -0.4 is 10.9 Å². The van der Waals surface area contributed by atoms with Crippen LogP contribution in [0.4, 0.5) is 10.1 Å². The van der Waals surface area contributed by atoms with E-state index in [1.807, 2.05) is 0 Å². The van der Waals surface area contributed by atoms with E-state index < -0.39 is 29.6 Å². The monoisotopic (exact) mass is 282 g/mol. The van der Waals surface area contributed by atoms with Crippen LogP contribution in [0.2, 0.25) is 0 Å². The molecule has 0 aliphatic heterocycles. The molecule has 2 rings (SSSR count). The minimum absolute atomic E-state index is 0.0297. The molecule has 1 fully saturated rings. The number of halogens is 1. The van der Waals surface area contributed by atoms with E-state index in [0.717, 1.165) is 6.07 Å². The summed E-state index contributed by atoms with van der Waals surface area (Å²) in [5.41, 5.74) is -1.21. The van der Waals surface area contributed by atoms with Gasteiger partial charge in [0, 0.05) is 19.2 Å². The Hall–Kier alpha value is -2.18. The molecule has 0 bridgehead atoms. The first-order valence-corrected chi connectivity index (χ1v) is 6.12. The fraction of sp³-hybridized carbons (Fsp3) is 0.462. The zero-order valence-electron chi connectivity index (χ0n) is 11.2. The quantitative estimate of drug-likeness (QED) is 0.837. The van der Waals surface area contributed by atoms with E-state index >= 15 is 0 Å². The number of hydrogen-bond acceptors (Lipinski definition) is 4. The molecule has 0 atom stereocenters. The van der Waals surface area contributed by atoms with Crippen molar-refractivity contribution in [3.8, 4) is 0 Å². The van der Waals surface area contributed by atoms with Gasteiger partial charge in [0.15, 0.2) is 0 Å². The van der Waals surface area contributed by atoms with Crippen LogP contribution >= 0.6 is 0 Å². The van der Waals surface area contributed by atoms with Crippen molar-refractivity contribution in [3.05, 3.63) is 28.2 Å². The fourth-order valence-electron chi connectivity index (χ4n) is 2.05. The Morgan fingerprint density at radius 1 is 1.50 bits per heavy atom. The zero-order valence-corrected chi connectivity index (χ0v) is 11.2. The highest BCUT2D eigenvalue weighted by Gasteiger charge is 2.45. The average Bonchev–Trinajstić information content (AvgIpc) is 3.18. The lowest BCUT2D eigenvalue weighted by Gasteiger charge is -2.17. The van der Waals surface area contributed by atoms with Gasteiger partial charge in [0.25, 0.3) is 5.56 Å². The number of anilines is 1. The summed E-state index contributed by atoms with van der Waals surface area (Å²) in [6, 6.07) is 1.11. The number of pyridine rings is 1. The van der Waals surface area contributed by atoms with E-state index in [1.54, 1.807) is 0 Å². The third-order valence-corrected chi connectivity index (χ3v) is 3.36. The average molecular weight is 282 g/mol. The molecule has 1 N–H and O–H groups in total. The molecule has 0 aromatic carbocycles. The van der Waals surface area contributed by atoms with Crippen LogP contribution in [0.25, 0.3) is 0 Å². The standard InChI is InChI=1S/C13H15FN2O4/c1-8(17)15-10-5-11(18)16(13(7-14)3-4-13)6-9(10)12(19)20-2/h5-6H,3-4,7H2,1-2H3,(H,15,17). The van der Waals surface area contributed by atoms with Crippen molar-refractivity contribution >= 4 is 17.6 Å². The summed E-state index contributed by atoms with van der Waals surface area (Å²) in [4.78, 5) is 34.9. The van der Waals surface area contributed by atoms with Crippen LogP contribution in [0.15, 0.2) is 17.1 Å². The molecule has 1 amide bonds. The van der Waals surface area contributed by atoms with Gasteiger partial charge in [0.2, 0.25) is 5.91 Å². The molecule has 1 aliphatic carbocycles. The Balaban J connectivity index is 2.55. The van der Waals surface area contributed by atoms with Crippen molar-refractivity contribution in [3.63, 3.8) is 0 Å². The number of carbonyl (C=O) groups is 2. The smallest absolute Gasteiger partial charge is 0.341 e. The van der Waals surface area contributed by atoms with Gasteiger partial charge in [-0.1, -0.05) is 0 Å². The molecular weight excluding hydrogens is 267 g/mol. The van der Waals surface area contributed by atoms with Crippen LogP contribution in [-0.2, 0) is 15.1 Å². The number of methoxy groups -OCH3 is 1. The van der Waals surface area contributed by atoms with Gasteiger partial charge < -0.3 is 14.6 Å². The zero-order chi connectivity index (χ0) is 14.9. The van der Waals surface area contributed by atoms with E-state index in [1.165, 1.54) is 24.8 Å². The molecule has 0 radical (unpaired) electrons. The lowest BCUT2D eigenvalue weighted by molar-refractivity contribution is -0.114. The van der Waals surface area contributed by atoms with Gasteiger partial charge >= 0.3 is 5.97 Å². The third kappa shape index (κ3) is 2.43. The molecule has 0 spiro atoms.